The van der Waals surface area contributed by atoms with Gasteiger partial charge in [-0.15, -0.1) is 0 Å². The summed E-state index contributed by atoms with van der Waals surface area (Å²) < 4.78 is 30.4. The smallest absolute Gasteiger partial charge is 0.255 e. The summed E-state index contributed by atoms with van der Waals surface area (Å²) in [6, 6.07) is 17.0. The van der Waals surface area contributed by atoms with Crippen LogP contribution in [0.2, 0.25) is 18.1 Å². The molecule has 1 aliphatic heterocycles. The molecule has 0 saturated heterocycles. The summed E-state index contributed by atoms with van der Waals surface area (Å²) in [5.74, 6) is -0.0723. The van der Waals surface area contributed by atoms with E-state index >= 15 is 0 Å². The van der Waals surface area contributed by atoms with Crippen molar-refractivity contribution in [3.63, 3.8) is 0 Å². The molecule has 4 rings (SSSR count). The Morgan fingerprint density at radius 1 is 1.08 bits per heavy atom. The van der Waals surface area contributed by atoms with E-state index in [1.54, 1.807) is 12.1 Å². The van der Waals surface area contributed by atoms with Crippen molar-refractivity contribution in [1.29, 1.82) is 0 Å². The molecule has 0 unspecified atom stereocenters. The molecule has 0 aliphatic carbocycles. The van der Waals surface area contributed by atoms with E-state index in [0.717, 1.165) is 17.4 Å². The summed E-state index contributed by atoms with van der Waals surface area (Å²) in [6.07, 6.45) is 2.50. The summed E-state index contributed by atoms with van der Waals surface area (Å²) in [6.45, 7) is 12.0. The number of rotatable bonds is 7. The Kier molecular flexibility index (Phi) is 6.93. The third-order valence-corrected chi connectivity index (χ3v) is 12.5. The highest BCUT2D eigenvalue weighted by atomic mass is 32.2. The maximum atomic E-state index is 13.7. The number of aromatic nitrogens is 2. The summed E-state index contributed by atoms with van der Waals surface area (Å²) in [5.41, 5.74) is 3.69. The summed E-state index contributed by atoms with van der Waals surface area (Å²) in [4.78, 5) is 23.6. The number of sulfone groups is 1. The molecule has 1 aliphatic rings. The zero-order valence-electron chi connectivity index (χ0n) is 21.6. The van der Waals surface area contributed by atoms with Gasteiger partial charge >= 0.3 is 0 Å². The molecule has 9 heteroatoms. The van der Waals surface area contributed by atoms with Crippen molar-refractivity contribution in [3.8, 4) is 11.3 Å². The van der Waals surface area contributed by atoms with Gasteiger partial charge in [0.25, 0.3) is 5.91 Å². The standard InChI is InChI=1S/C27H33N3O4SSi/c1-27(2,3)36(5,6)34-18-24(19-10-8-7-9-11-19)30-17-21-13-12-20(16-22(21)25(30)31)23-14-15-28-26(29-23)35(4,32)33/h7-16,24H,17-18H2,1-6H3/t24-/m1/s1. The van der Waals surface area contributed by atoms with E-state index < -0.39 is 18.2 Å². The van der Waals surface area contributed by atoms with Gasteiger partial charge in [0.2, 0.25) is 15.0 Å². The van der Waals surface area contributed by atoms with Crippen molar-refractivity contribution in [3.05, 3.63) is 77.5 Å². The molecule has 1 amide bonds. The molecule has 3 aromatic rings. The molecule has 0 fully saturated rings. The first-order valence-electron chi connectivity index (χ1n) is 11.9. The second-order valence-electron chi connectivity index (χ2n) is 10.8. The molecular weight excluding hydrogens is 490 g/mol. The number of hydrogen-bond acceptors (Lipinski definition) is 6. The SMILES string of the molecule is CC(C)(C)[Si](C)(C)OC[C@H](c1ccccc1)N1Cc2ccc(-c3ccnc(S(C)(=O)=O)n3)cc2C1=O. The van der Waals surface area contributed by atoms with Gasteiger partial charge in [-0.05, 0) is 41.4 Å². The van der Waals surface area contributed by atoms with Crippen LogP contribution in [0.4, 0.5) is 0 Å². The highest BCUT2D eigenvalue weighted by molar-refractivity contribution is 7.90. The molecule has 0 radical (unpaired) electrons. The number of nitrogens with zero attached hydrogens (tertiary/aromatic N) is 3. The topological polar surface area (TPSA) is 89.5 Å². The van der Waals surface area contributed by atoms with E-state index in [4.69, 9.17) is 4.43 Å². The zero-order valence-corrected chi connectivity index (χ0v) is 23.5. The Morgan fingerprint density at radius 3 is 2.42 bits per heavy atom. The maximum Gasteiger partial charge on any atom is 0.255 e. The molecular formula is C27H33N3O4SSi. The predicted octanol–water partition coefficient (Wildman–Crippen LogP) is 5.27. The first kappa shape index (κ1) is 26.2. The van der Waals surface area contributed by atoms with Crippen molar-refractivity contribution >= 4 is 24.1 Å². The normalized spacial score (nSPS) is 15.2. The number of benzene rings is 2. The second kappa shape index (κ2) is 9.53. The molecule has 1 aromatic heterocycles. The van der Waals surface area contributed by atoms with Crippen LogP contribution in [0, 0.1) is 0 Å². The van der Waals surface area contributed by atoms with Crippen LogP contribution in [0.15, 0.2) is 66.0 Å². The fourth-order valence-electron chi connectivity index (χ4n) is 3.96. The lowest BCUT2D eigenvalue weighted by molar-refractivity contribution is 0.0624. The molecule has 2 heterocycles. The van der Waals surface area contributed by atoms with Crippen LogP contribution in [0.1, 0.15) is 48.3 Å². The number of fused-ring (bicyclic) bond motifs is 1. The van der Waals surface area contributed by atoms with Gasteiger partial charge < -0.3 is 9.33 Å². The lowest BCUT2D eigenvalue weighted by atomic mass is 10.0. The third kappa shape index (κ3) is 5.28. The Balaban J connectivity index is 1.66. The molecule has 7 nitrogen and oxygen atoms in total. The fourth-order valence-corrected chi connectivity index (χ4v) is 5.48. The highest BCUT2D eigenvalue weighted by Gasteiger charge is 2.40. The van der Waals surface area contributed by atoms with Crippen LogP contribution < -0.4 is 0 Å². The second-order valence-corrected chi connectivity index (χ2v) is 17.5. The van der Waals surface area contributed by atoms with Crippen LogP contribution in [-0.2, 0) is 20.8 Å². The fraction of sp³-hybridized carbons (Fsp3) is 0.370. The predicted molar refractivity (Wildman–Crippen MR) is 143 cm³/mol. The van der Waals surface area contributed by atoms with Crippen molar-refractivity contribution in [2.75, 3.05) is 12.9 Å². The van der Waals surface area contributed by atoms with Crippen LogP contribution >= 0.6 is 0 Å². The van der Waals surface area contributed by atoms with Crippen LogP contribution in [0.5, 0.6) is 0 Å². The average molecular weight is 524 g/mol. The Hall–Kier alpha value is -2.88. The molecule has 0 N–H and O–H groups in total. The molecule has 1 atom stereocenters. The van der Waals surface area contributed by atoms with Crippen molar-refractivity contribution in [2.45, 2.75) is 56.6 Å². The zero-order chi connectivity index (χ0) is 26.3. The van der Waals surface area contributed by atoms with Gasteiger partial charge in [-0.3, -0.25) is 4.79 Å². The van der Waals surface area contributed by atoms with E-state index in [-0.39, 0.29) is 22.1 Å². The molecule has 0 bridgehead atoms. The summed E-state index contributed by atoms with van der Waals surface area (Å²) >= 11 is 0. The third-order valence-electron chi connectivity index (χ3n) is 7.17. The van der Waals surface area contributed by atoms with Crippen molar-refractivity contribution in [2.24, 2.45) is 0 Å². The summed E-state index contributed by atoms with van der Waals surface area (Å²) in [5, 5.41) is -0.177. The van der Waals surface area contributed by atoms with Gasteiger partial charge in [0.15, 0.2) is 8.32 Å². The van der Waals surface area contributed by atoms with Gasteiger partial charge in [-0.1, -0.05) is 63.2 Å². The lowest BCUT2D eigenvalue weighted by Crippen LogP contribution is -2.43. The van der Waals surface area contributed by atoms with E-state index in [2.05, 4.69) is 43.8 Å². The van der Waals surface area contributed by atoms with Gasteiger partial charge in [0.1, 0.15) is 0 Å². The van der Waals surface area contributed by atoms with Gasteiger partial charge in [0.05, 0.1) is 18.3 Å². The van der Waals surface area contributed by atoms with Gasteiger partial charge in [0, 0.05) is 30.1 Å². The van der Waals surface area contributed by atoms with E-state index in [0.29, 0.717) is 30.0 Å². The molecule has 2 aromatic carbocycles. The Morgan fingerprint density at radius 2 is 1.78 bits per heavy atom. The lowest BCUT2D eigenvalue weighted by Gasteiger charge is -2.38. The number of amides is 1. The molecule has 0 spiro atoms. The van der Waals surface area contributed by atoms with Crippen molar-refractivity contribution in [1.82, 2.24) is 14.9 Å². The number of carbonyl (C=O) groups excluding carboxylic acids is 1. The minimum absolute atomic E-state index is 0.0590. The minimum Gasteiger partial charge on any atom is -0.414 e. The molecule has 0 saturated carbocycles. The van der Waals surface area contributed by atoms with Gasteiger partial charge in [-0.25, -0.2) is 18.4 Å². The van der Waals surface area contributed by atoms with Crippen molar-refractivity contribution < 1.29 is 17.6 Å². The first-order chi connectivity index (χ1) is 16.8. The first-order valence-corrected chi connectivity index (χ1v) is 16.7. The van der Waals surface area contributed by atoms with E-state index in [1.807, 2.05) is 47.4 Å². The average Bonchev–Trinajstić information content (AvgIpc) is 3.14. The van der Waals surface area contributed by atoms with E-state index in [1.165, 1.54) is 6.20 Å². The quantitative estimate of drug-likeness (QED) is 0.310. The number of carbonyl (C=O) groups is 1. The monoisotopic (exact) mass is 523 g/mol. The van der Waals surface area contributed by atoms with Crippen LogP contribution in [-0.4, -0.2) is 50.4 Å². The van der Waals surface area contributed by atoms with Crippen LogP contribution in [0.3, 0.4) is 0 Å². The Bertz CT molecular complexity index is 1390. The molecule has 36 heavy (non-hydrogen) atoms. The highest BCUT2D eigenvalue weighted by Crippen LogP contribution is 2.39. The van der Waals surface area contributed by atoms with E-state index in [9.17, 15) is 13.2 Å². The summed E-state index contributed by atoms with van der Waals surface area (Å²) in [7, 11) is -5.57. The Labute approximate surface area is 214 Å². The maximum absolute atomic E-state index is 13.7. The minimum atomic E-state index is -3.54. The largest absolute Gasteiger partial charge is 0.414 e. The molecule has 190 valence electrons. The van der Waals surface area contributed by atoms with Gasteiger partial charge in [-0.2, -0.15) is 0 Å². The van der Waals surface area contributed by atoms with Crippen LogP contribution in [0.25, 0.3) is 11.3 Å². The number of hydrogen-bond donors (Lipinski definition) is 0.